The van der Waals surface area contributed by atoms with Crippen LogP contribution in [0.25, 0.3) is 44.5 Å². The highest BCUT2D eigenvalue weighted by Gasteiger charge is 2.37. The van der Waals surface area contributed by atoms with Crippen LogP contribution in [0.2, 0.25) is 0 Å². The van der Waals surface area contributed by atoms with Crippen LogP contribution in [0, 0.1) is 13.8 Å². The molecule has 0 N–H and O–H groups in total. The maximum absolute atomic E-state index is 2.46. The van der Waals surface area contributed by atoms with Gasteiger partial charge in [0.1, 0.15) is 0 Å². The number of hydrogen-bond acceptors (Lipinski definition) is 1. The molecule has 248 valence electrons. The third-order valence-corrected chi connectivity index (χ3v) is 11.7. The first kappa shape index (κ1) is 31.3. The zero-order valence-electron chi connectivity index (χ0n) is 30.4. The van der Waals surface area contributed by atoms with E-state index in [9.17, 15) is 0 Å². The van der Waals surface area contributed by atoms with Crippen LogP contribution in [0.5, 0.6) is 0 Å². The summed E-state index contributed by atoms with van der Waals surface area (Å²) in [4.78, 5) is 2.41. The van der Waals surface area contributed by atoms with Crippen molar-refractivity contribution in [2.45, 2.75) is 52.4 Å². The quantitative estimate of drug-likeness (QED) is 0.178. The molecule has 0 saturated heterocycles. The summed E-state index contributed by atoms with van der Waals surface area (Å²) in [6.45, 7) is 13.9. The van der Waals surface area contributed by atoms with Crippen molar-refractivity contribution in [1.29, 1.82) is 0 Å². The van der Waals surface area contributed by atoms with E-state index in [0.29, 0.717) is 0 Å². The number of anilines is 3. The monoisotopic (exact) mass is 657 g/mol. The molecule has 9 rings (SSSR count). The molecule has 0 spiro atoms. The summed E-state index contributed by atoms with van der Waals surface area (Å²) >= 11 is 0. The maximum atomic E-state index is 2.46. The summed E-state index contributed by atoms with van der Waals surface area (Å²) in [6, 6.07) is 56.7. The summed E-state index contributed by atoms with van der Waals surface area (Å²) < 4.78 is 0. The highest BCUT2D eigenvalue weighted by molar-refractivity contribution is 5.91. The zero-order valence-corrected chi connectivity index (χ0v) is 30.4. The van der Waals surface area contributed by atoms with Gasteiger partial charge in [0.2, 0.25) is 0 Å². The molecule has 7 aromatic carbocycles. The molecule has 2 aliphatic rings. The van der Waals surface area contributed by atoms with Crippen LogP contribution < -0.4 is 4.90 Å². The Kier molecular flexibility index (Phi) is 7.03. The summed E-state index contributed by atoms with van der Waals surface area (Å²) in [5.41, 5.74) is 21.8. The lowest BCUT2D eigenvalue weighted by Crippen LogP contribution is -2.15. The van der Waals surface area contributed by atoms with Gasteiger partial charge in [-0.25, -0.2) is 0 Å². The van der Waals surface area contributed by atoms with Crippen LogP contribution in [0.15, 0.2) is 152 Å². The number of benzene rings is 7. The molecule has 0 fully saturated rings. The van der Waals surface area contributed by atoms with E-state index in [-0.39, 0.29) is 10.8 Å². The van der Waals surface area contributed by atoms with Gasteiger partial charge in [0.25, 0.3) is 0 Å². The van der Waals surface area contributed by atoms with Gasteiger partial charge in [-0.05, 0) is 135 Å². The molecule has 0 aliphatic heterocycles. The average Bonchev–Trinajstić information content (AvgIpc) is 3.52. The lowest BCUT2D eigenvalue weighted by Gasteiger charge is -2.28. The standard InChI is InChI=1S/C50H43N/c1-32-20-24-37(25-21-32)51(36-14-8-7-9-15-36)38-30-43(34-22-26-41-39-16-10-12-18-45(39)49(3,4)47(41)28-34)33(2)44(31-38)35-23-27-42-40-17-11-13-19-46(40)50(5,6)48(42)29-35/h7-31H,1-6H3. The van der Waals surface area contributed by atoms with E-state index in [1.807, 2.05) is 0 Å². The molecule has 0 atom stereocenters. The van der Waals surface area contributed by atoms with Crippen molar-refractivity contribution < 1.29 is 0 Å². The van der Waals surface area contributed by atoms with Gasteiger partial charge in [0, 0.05) is 27.9 Å². The highest BCUT2D eigenvalue weighted by atomic mass is 15.1. The molecule has 0 heterocycles. The first-order chi connectivity index (χ1) is 24.6. The van der Waals surface area contributed by atoms with E-state index in [2.05, 4.69) is 198 Å². The molecular formula is C50H43N. The third kappa shape index (κ3) is 4.83. The van der Waals surface area contributed by atoms with E-state index in [0.717, 1.165) is 17.1 Å². The molecular weight excluding hydrogens is 615 g/mol. The first-order valence-electron chi connectivity index (χ1n) is 18.2. The normalized spacial score (nSPS) is 14.4. The minimum atomic E-state index is -0.0746. The number of fused-ring (bicyclic) bond motifs is 6. The van der Waals surface area contributed by atoms with Crippen LogP contribution in [0.3, 0.4) is 0 Å². The van der Waals surface area contributed by atoms with E-state index in [1.165, 1.54) is 77.9 Å². The Labute approximate surface area is 302 Å². The second-order valence-electron chi connectivity index (χ2n) is 15.5. The molecule has 7 aromatic rings. The Morgan fingerprint density at radius 2 is 0.784 bits per heavy atom. The van der Waals surface area contributed by atoms with Crippen LogP contribution in [-0.2, 0) is 10.8 Å². The molecule has 0 unspecified atom stereocenters. The Hall–Kier alpha value is -5.66. The first-order valence-corrected chi connectivity index (χ1v) is 18.2. The van der Waals surface area contributed by atoms with Gasteiger partial charge in [-0.3, -0.25) is 0 Å². The molecule has 0 bridgehead atoms. The Bertz CT molecular complexity index is 2350. The van der Waals surface area contributed by atoms with Crippen LogP contribution in [0.4, 0.5) is 17.1 Å². The SMILES string of the molecule is Cc1ccc(N(c2ccccc2)c2cc(-c3ccc4c(c3)C(C)(C)c3ccccc3-4)c(C)c(-c3ccc4c(c3)C(C)(C)c3ccccc3-4)c2)cc1. The molecule has 0 amide bonds. The molecule has 51 heavy (non-hydrogen) atoms. The topological polar surface area (TPSA) is 3.24 Å². The largest absolute Gasteiger partial charge is 0.310 e. The molecule has 0 aromatic heterocycles. The number of rotatable bonds is 5. The smallest absolute Gasteiger partial charge is 0.0474 e. The van der Waals surface area contributed by atoms with Crippen molar-refractivity contribution in [2.75, 3.05) is 4.90 Å². The summed E-state index contributed by atoms with van der Waals surface area (Å²) in [5, 5.41) is 0. The molecule has 1 nitrogen and oxygen atoms in total. The van der Waals surface area contributed by atoms with Gasteiger partial charge in [-0.15, -0.1) is 0 Å². The third-order valence-electron chi connectivity index (χ3n) is 11.7. The van der Waals surface area contributed by atoms with Gasteiger partial charge in [-0.2, -0.15) is 0 Å². The second-order valence-corrected chi connectivity index (χ2v) is 15.5. The fourth-order valence-electron chi connectivity index (χ4n) is 8.89. The van der Waals surface area contributed by atoms with Crippen molar-refractivity contribution in [3.05, 3.63) is 185 Å². The van der Waals surface area contributed by atoms with Crippen molar-refractivity contribution in [2.24, 2.45) is 0 Å². The lowest BCUT2D eigenvalue weighted by atomic mass is 9.80. The van der Waals surface area contributed by atoms with Crippen molar-refractivity contribution in [3.63, 3.8) is 0 Å². The van der Waals surface area contributed by atoms with Crippen LogP contribution in [-0.4, -0.2) is 0 Å². The van der Waals surface area contributed by atoms with Gasteiger partial charge in [0.05, 0.1) is 0 Å². The van der Waals surface area contributed by atoms with E-state index < -0.39 is 0 Å². The fraction of sp³-hybridized carbons (Fsp3) is 0.160. The van der Waals surface area contributed by atoms with Crippen molar-refractivity contribution in [3.8, 4) is 44.5 Å². The van der Waals surface area contributed by atoms with Crippen molar-refractivity contribution in [1.82, 2.24) is 0 Å². The maximum Gasteiger partial charge on any atom is 0.0474 e. The lowest BCUT2D eigenvalue weighted by molar-refractivity contribution is 0.660. The Morgan fingerprint density at radius 1 is 0.353 bits per heavy atom. The molecule has 2 aliphatic carbocycles. The summed E-state index contributed by atoms with van der Waals surface area (Å²) in [6.07, 6.45) is 0. The van der Waals surface area contributed by atoms with E-state index in [4.69, 9.17) is 0 Å². The highest BCUT2D eigenvalue weighted by Crippen LogP contribution is 2.52. The predicted octanol–water partition coefficient (Wildman–Crippen LogP) is 13.7. The van der Waals surface area contributed by atoms with Crippen molar-refractivity contribution >= 4 is 17.1 Å². The van der Waals surface area contributed by atoms with Gasteiger partial charge in [-0.1, -0.05) is 136 Å². The van der Waals surface area contributed by atoms with Crippen LogP contribution in [0.1, 0.15) is 61.1 Å². The number of hydrogen-bond donors (Lipinski definition) is 0. The number of aryl methyl sites for hydroxylation is 1. The average molecular weight is 658 g/mol. The fourth-order valence-corrected chi connectivity index (χ4v) is 8.89. The van der Waals surface area contributed by atoms with Gasteiger partial charge >= 0.3 is 0 Å². The molecule has 1 heteroatoms. The molecule has 0 radical (unpaired) electrons. The summed E-state index contributed by atoms with van der Waals surface area (Å²) in [7, 11) is 0. The number of nitrogens with zero attached hydrogens (tertiary/aromatic N) is 1. The predicted molar refractivity (Wildman–Crippen MR) is 217 cm³/mol. The Balaban J connectivity index is 1.29. The molecule has 0 saturated carbocycles. The second kappa shape index (κ2) is 11.4. The van der Waals surface area contributed by atoms with E-state index >= 15 is 0 Å². The van der Waals surface area contributed by atoms with Gasteiger partial charge < -0.3 is 4.90 Å². The Morgan fingerprint density at radius 3 is 1.29 bits per heavy atom. The minimum Gasteiger partial charge on any atom is -0.310 e. The zero-order chi connectivity index (χ0) is 35.1. The van der Waals surface area contributed by atoms with Crippen LogP contribution >= 0.6 is 0 Å². The van der Waals surface area contributed by atoms with Gasteiger partial charge in [0.15, 0.2) is 0 Å². The summed E-state index contributed by atoms with van der Waals surface area (Å²) in [5.74, 6) is 0. The minimum absolute atomic E-state index is 0.0746. The number of para-hydroxylation sites is 1. The van der Waals surface area contributed by atoms with E-state index in [1.54, 1.807) is 0 Å².